The summed E-state index contributed by atoms with van der Waals surface area (Å²) >= 11 is 12.0. The summed E-state index contributed by atoms with van der Waals surface area (Å²) < 4.78 is 10.9. The van der Waals surface area contributed by atoms with Gasteiger partial charge < -0.3 is 9.47 Å². The molecule has 0 atom stereocenters. The molecule has 0 aliphatic rings. The number of hydrogen-bond acceptors (Lipinski definition) is 2. The fourth-order valence-corrected chi connectivity index (χ4v) is 2.20. The van der Waals surface area contributed by atoms with E-state index in [1.807, 2.05) is 36.4 Å². The summed E-state index contributed by atoms with van der Waals surface area (Å²) in [6, 6.07) is 13.3. The molecule has 2 aromatic rings. The van der Waals surface area contributed by atoms with Gasteiger partial charge in [-0.05, 0) is 23.8 Å². The zero-order valence-corrected chi connectivity index (χ0v) is 12.0. The van der Waals surface area contributed by atoms with Gasteiger partial charge in [0.25, 0.3) is 0 Å². The molecule has 0 unspecified atom stereocenters. The van der Waals surface area contributed by atoms with Crippen LogP contribution in [0.3, 0.4) is 0 Å². The van der Waals surface area contributed by atoms with Crippen LogP contribution in [0.1, 0.15) is 11.1 Å². The lowest BCUT2D eigenvalue weighted by atomic mass is 10.2. The first-order chi connectivity index (χ1) is 9.24. The van der Waals surface area contributed by atoms with Gasteiger partial charge in [0.15, 0.2) is 0 Å². The first-order valence-corrected chi connectivity index (χ1v) is 6.75. The van der Waals surface area contributed by atoms with Gasteiger partial charge in [0.1, 0.15) is 18.1 Å². The van der Waals surface area contributed by atoms with Crippen LogP contribution in [0.2, 0.25) is 5.02 Å². The highest BCUT2D eigenvalue weighted by Crippen LogP contribution is 2.30. The van der Waals surface area contributed by atoms with E-state index in [2.05, 4.69) is 0 Å². The minimum Gasteiger partial charge on any atom is -0.497 e. The first-order valence-electron chi connectivity index (χ1n) is 5.83. The van der Waals surface area contributed by atoms with Gasteiger partial charge in [-0.2, -0.15) is 0 Å². The van der Waals surface area contributed by atoms with Gasteiger partial charge >= 0.3 is 0 Å². The molecular weight excluding hydrogens is 283 g/mol. The van der Waals surface area contributed by atoms with Crippen molar-refractivity contribution in [2.75, 3.05) is 7.11 Å². The maximum Gasteiger partial charge on any atom is 0.142 e. The van der Waals surface area contributed by atoms with E-state index in [-0.39, 0.29) is 0 Å². The summed E-state index contributed by atoms with van der Waals surface area (Å²) in [7, 11) is 1.64. The van der Waals surface area contributed by atoms with Gasteiger partial charge in [-0.25, -0.2) is 0 Å². The Morgan fingerprint density at radius 2 is 1.89 bits per heavy atom. The van der Waals surface area contributed by atoms with E-state index in [9.17, 15) is 0 Å². The Balaban J connectivity index is 2.14. The van der Waals surface area contributed by atoms with Crippen molar-refractivity contribution in [2.24, 2.45) is 0 Å². The molecule has 0 radical (unpaired) electrons. The monoisotopic (exact) mass is 296 g/mol. The second-order valence-corrected chi connectivity index (χ2v) is 4.68. The summed E-state index contributed by atoms with van der Waals surface area (Å²) in [5.41, 5.74) is 1.90. The van der Waals surface area contributed by atoms with E-state index in [1.165, 1.54) is 0 Å². The number of para-hydroxylation sites is 1. The maximum absolute atomic E-state index is 6.12. The van der Waals surface area contributed by atoms with E-state index in [0.29, 0.717) is 23.3 Å². The van der Waals surface area contributed by atoms with Crippen LogP contribution >= 0.6 is 23.2 Å². The van der Waals surface area contributed by atoms with Crippen LogP contribution in [-0.2, 0) is 12.5 Å². The molecule has 0 bridgehead atoms. The minimum atomic E-state index is 0.369. The van der Waals surface area contributed by atoms with E-state index >= 15 is 0 Å². The molecule has 2 nitrogen and oxygen atoms in total. The van der Waals surface area contributed by atoms with Crippen molar-refractivity contribution < 1.29 is 9.47 Å². The molecule has 4 heteroatoms. The van der Waals surface area contributed by atoms with Gasteiger partial charge in [-0.3, -0.25) is 0 Å². The lowest BCUT2D eigenvalue weighted by molar-refractivity contribution is 0.303. The fraction of sp³-hybridized carbons (Fsp3) is 0.200. The Morgan fingerprint density at radius 1 is 1.11 bits per heavy atom. The summed E-state index contributed by atoms with van der Waals surface area (Å²) in [6.45, 7) is 0.421. The Morgan fingerprint density at radius 3 is 2.63 bits per heavy atom. The van der Waals surface area contributed by atoms with Crippen LogP contribution in [-0.4, -0.2) is 7.11 Å². The Hall–Kier alpha value is -1.38. The standard InChI is InChI=1S/C15H14Cl2O2/c1-18-13-6-2-4-11(8-13)10-19-15-12(9-16)5-3-7-14(15)17/h2-8H,9-10H2,1H3. The zero-order valence-electron chi connectivity index (χ0n) is 10.5. The quantitative estimate of drug-likeness (QED) is 0.747. The summed E-state index contributed by atoms with van der Waals surface area (Å²) in [4.78, 5) is 0. The van der Waals surface area contributed by atoms with Crippen molar-refractivity contribution in [3.63, 3.8) is 0 Å². The molecule has 2 aromatic carbocycles. The van der Waals surface area contributed by atoms with Crippen molar-refractivity contribution in [1.82, 2.24) is 0 Å². The Bertz CT molecular complexity index is 556. The fourth-order valence-electron chi connectivity index (χ4n) is 1.74. The topological polar surface area (TPSA) is 18.5 Å². The number of benzene rings is 2. The number of alkyl halides is 1. The Labute approximate surface area is 122 Å². The molecule has 0 aliphatic heterocycles. The highest BCUT2D eigenvalue weighted by molar-refractivity contribution is 6.32. The molecular formula is C15H14Cl2O2. The molecule has 0 heterocycles. The van der Waals surface area contributed by atoms with E-state index in [4.69, 9.17) is 32.7 Å². The smallest absolute Gasteiger partial charge is 0.142 e. The molecule has 2 rings (SSSR count). The van der Waals surface area contributed by atoms with E-state index in [1.54, 1.807) is 13.2 Å². The van der Waals surface area contributed by atoms with Gasteiger partial charge in [0.05, 0.1) is 18.0 Å². The second-order valence-electron chi connectivity index (χ2n) is 4.00. The van der Waals surface area contributed by atoms with Crippen LogP contribution in [0.15, 0.2) is 42.5 Å². The molecule has 0 aliphatic carbocycles. The molecule has 19 heavy (non-hydrogen) atoms. The third-order valence-corrected chi connectivity index (χ3v) is 3.30. The zero-order chi connectivity index (χ0) is 13.7. The number of rotatable bonds is 5. The first kappa shape index (κ1) is 14.0. The van der Waals surface area contributed by atoms with Gasteiger partial charge in [-0.1, -0.05) is 35.9 Å². The van der Waals surface area contributed by atoms with Crippen molar-refractivity contribution in [3.05, 3.63) is 58.6 Å². The lowest BCUT2D eigenvalue weighted by Gasteiger charge is -2.12. The van der Waals surface area contributed by atoms with Crippen LogP contribution < -0.4 is 9.47 Å². The highest BCUT2D eigenvalue weighted by atomic mass is 35.5. The molecule has 0 N–H and O–H groups in total. The molecule has 100 valence electrons. The highest BCUT2D eigenvalue weighted by Gasteiger charge is 2.08. The van der Waals surface area contributed by atoms with Crippen LogP contribution in [0.25, 0.3) is 0 Å². The van der Waals surface area contributed by atoms with Crippen LogP contribution in [0.4, 0.5) is 0 Å². The van der Waals surface area contributed by atoms with Crippen LogP contribution in [0.5, 0.6) is 11.5 Å². The Kier molecular flexibility index (Phi) is 4.94. The summed E-state index contributed by atoms with van der Waals surface area (Å²) in [5.74, 6) is 1.81. The number of hydrogen-bond donors (Lipinski definition) is 0. The van der Waals surface area contributed by atoms with Crippen molar-refractivity contribution >= 4 is 23.2 Å². The normalized spacial score (nSPS) is 10.3. The van der Waals surface area contributed by atoms with Gasteiger partial charge in [0, 0.05) is 5.56 Å². The van der Waals surface area contributed by atoms with Gasteiger partial charge in [-0.15, -0.1) is 11.6 Å². The average molecular weight is 297 g/mol. The van der Waals surface area contributed by atoms with Crippen molar-refractivity contribution in [2.45, 2.75) is 12.5 Å². The maximum atomic E-state index is 6.12. The van der Waals surface area contributed by atoms with Gasteiger partial charge in [0.2, 0.25) is 0 Å². The predicted molar refractivity (Wildman–Crippen MR) is 78.3 cm³/mol. The lowest BCUT2D eigenvalue weighted by Crippen LogP contribution is -1.99. The molecule has 0 saturated carbocycles. The number of halogens is 2. The molecule has 0 aromatic heterocycles. The molecule has 0 saturated heterocycles. The van der Waals surface area contributed by atoms with E-state index in [0.717, 1.165) is 16.9 Å². The molecule has 0 amide bonds. The number of ether oxygens (including phenoxy) is 2. The summed E-state index contributed by atoms with van der Waals surface area (Å²) in [5, 5.41) is 0.570. The number of methoxy groups -OCH3 is 1. The average Bonchev–Trinajstić information content (AvgIpc) is 2.46. The third kappa shape index (κ3) is 3.55. The second kappa shape index (κ2) is 6.69. The molecule has 0 spiro atoms. The van der Waals surface area contributed by atoms with Crippen molar-refractivity contribution in [3.8, 4) is 11.5 Å². The third-order valence-electron chi connectivity index (χ3n) is 2.71. The SMILES string of the molecule is COc1cccc(COc2c(Cl)cccc2CCl)c1. The summed E-state index contributed by atoms with van der Waals surface area (Å²) in [6.07, 6.45) is 0. The minimum absolute atomic E-state index is 0.369. The van der Waals surface area contributed by atoms with E-state index < -0.39 is 0 Å². The largest absolute Gasteiger partial charge is 0.497 e. The predicted octanol–water partition coefficient (Wildman–Crippen LogP) is 4.67. The van der Waals surface area contributed by atoms with Crippen LogP contribution in [0, 0.1) is 0 Å². The molecule has 0 fully saturated rings. The van der Waals surface area contributed by atoms with Crippen molar-refractivity contribution in [1.29, 1.82) is 0 Å².